The Morgan fingerprint density at radius 2 is 1.90 bits per heavy atom. The van der Waals surface area contributed by atoms with Gasteiger partial charge in [-0.3, -0.25) is 15.4 Å². The van der Waals surface area contributed by atoms with Gasteiger partial charge >= 0.3 is 10.1 Å². The van der Waals surface area contributed by atoms with Crippen molar-refractivity contribution in [3.05, 3.63) is 66.5 Å². The highest BCUT2D eigenvalue weighted by Gasteiger charge is 2.27. The average Bonchev–Trinajstić information content (AvgIpc) is 3.10. The van der Waals surface area contributed by atoms with Crippen molar-refractivity contribution in [3.8, 4) is 5.75 Å². The lowest BCUT2D eigenvalue weighted by atomic mass is 10.0. The van der Waals surface area contributed by atoms with Gasteiger partial charge in [0, 0.05) is 28.6 Å². The average molecular weight is 421 g/mol. The molecule has 30 heavy (non-hydrogen) atoms. The fourth-order valence-electron chi connectivity index (χ4n) is 3.78. The van der Waals surface area contributed by atoms with Crippen LogP contribution in [0.2, 0.25) is 0 Å². The van der Waals surface area contributed by atoms with E-state index in [0.29, 0.717) is 11.9 Å². The number of nitrogens with one attached hydrogen (secondary N) is 1. The molecule has 1 aromatic heterocycles. The zero-order valence-corrected chi connectivity index (χ0v) is 17.0. The first-order chi connectivity index (χ1) is 14.5. The molecular weight excluding hydrogens is 402 g/mol. The summed E-state index contributed by atoms with van der Waals surface area (Å²) in [6.07, 6.45) is 3.45. The standard InChI is InChI=1S/C22H19N3O4S/c1-14-2-4-16(5-3-14)30(27,28)29-20-7-6-19-21-17(20)12-15-8-9-23-13-18(15)22(21)24-25(19)10-11-26/h2-9,12-13,24,26H,10-11H2,1H3. The molecule has 0 atom stereocenters. The molecule has 2 heterocycles. The normalized spacial score (nSPS) is 13.1. The molecule has 0 saturated heterocycles. The summed E-state index contributed by atoms with van der Waals surface area (Å²) in [5.74, 6) is 0.252. The molecule has 0 fully saturated rings. The summed E-state index contributed by atoms with van der Waals surface area (Å²) in [6, 6.07) is 13.8. The maximum absolute atomic E-state index is 12.9. The molecule has 8 heteroatoms. The molecular formula is C22H19N3O4S. The monoisotopic (exact) mass is 421 g/mol. The highest BCUT2D eigenvalue weighted by molar-refractivity contribution is 7.87. The van der Waals surface area contributed by atoms with Crippen LogP contribution in [0.4, 0.5) is 11.4 Å². The van der Waals surface area contributed by atoms with Crippen molar-refractivity contribution in [2.45, 2.75) is 11.8 Å². The SMILES string of the molecule is Cc1ccc(S(=O)(=O)Oc2ccc3c4c(c5cnccc5cc24)NN3CCO)cc1. The van der Waals surface area contributed by atoms with Crippen LogP contribution in [-0.4, -0.2) is 31.7 Å². The van der Waals surface area contributed by atoms with Crippen molar-refractivity contribution in [1.82, 2.24) is 4.98 Å². The molecule has 3 aromatic carbocycles. The number of aryl methyl sites for hydroxylation is 1. The summed E-state index contributed by atoms with van der Waals surface area (Å²) >= 11 is 0. The minimum Gasteiger partial charge on any atom is -0.394 e. The third-order valence-electron chi connectivity index (χ3n) is 5.23. The lowest BCUT2D eigenvalue weighted by Crippen LogP contribution is -2.29. The van der Waals surface area contributed by atoms with E-state index < -0.39 is 10.1 Å². The van der Waals surface area contributed by atoms with Gasteiger partial charge in [0.2, 0.25) is 0 Å². The van der Waals surface area contributed by atoms with Gasteiger partial charge in [0.1, 0.15) is 4.90 Å². The van der Waals surface area contributed by atoms with Gasteiger partial charge in [-0.25, -0.2) is 0 Å². The second-order valence-corrected chi connectivity index (χ2v) is 8.74. The first-order valence-corrected chi connectivity index (χ1v) is 10.9. The van der Waals surface area contributed by atoms with Crippen LogP contribution in [0, 0.1) is 6.92 Å². The maximum atomic E-state index is 12.9. The first-order valence-electron chi connectivity index (χ1n) is 9.47. The van der Waals surface area contributed by atoms with Gasteiger partial charge in [-0.15, -0.1) is 0 Å². The summed E-state index contributed by atoms with van der Waals surface area (Å²) in [5, 5.41) is 14.6. The predicted octanol–water partition coefficient (Wildman–Crippen LogP) is 3.60. The molecule has 1 aliphatic heterocycles. The van der Waals surface area contributed by atoms with E-state index in [-0.39, 0.29) is 17.3 Å². The van der Waals surface area contributed by atoms with Crippen molar-refractivity contribution in [3.63, 3.8) is 0 Å². The Kier molecular flexibility index (Phi) is 4.27. The van der Waals surface area contributed by atoms with Crippen molar-refractivity contribution in [2.75, 3.05) is 23.6 Å². The van der Waals surface area contributed by atoms with E-state index in [1.54, 1.807) is 36.7 Å². The molecule has 0 radical (unpaired) electrons. The van der Waals surface area contributed by atoms with Gasteiger partial charge in [0.05, 0.1) is 24.5 Å². The van der Waals surface area contributed by atoms with E-state index in [0.717, 1.165) is 33.1 Å². The number of nitrogens with zero attached hydrogens (tertiary/aromatic N) is 2. The largest absolute Gasteiger partial charge is 0.394 e. The molecule has 152 valence electrons. The summed E-state index contributed by atoms with van der Waals surface area (Å²) in [6.45, 7) is 2.25. The van der Waals surface area contributed by atoms with Crippen LogP contribution in [0.25, 0.3) is 21.5 Å². The quantitative estimate of drug-likeness (QED) is 0.376. The number of aromatic nitrogens is 1. The highest BCUT2D eigenvalue weighted by atomic mass is 32.2. The Morgan fingerprint density at radius 3 is 2.67 bits per heavy atom. The van der Waals surface area contributed by atoms with Gasteiger partial charge < -0.3 is 9.29 Å². The first kappa shape index (κ1) is 18.7. The summed E-state index contributed by atoms with van der Waals surface area (Å²) in [5.41, 5.74) is 5.94. The molecule has 0 unspecified atom stereocenters. The summed E-state index contributed by atoms with van der Waals surface area (Å²) in [4.78, 5) is 4.32. The number of fused-ring (bicyclic) bond motifs is 2. The van der Waals surface area contributed by atoms with Gasteiger partial charge in [-0.2, -0.15) is 8.42 Å². The number of hydrogen-bond acceptors (Lipinski definition) is 7. The number of rotatable bonds is 5. The third kappa shape index (κ3) is 2.92. The van der Waals surface area contributed by atoms with E-state index in [1.807, 2.05) is 24.1 Å². The number of β-amino-alcohol motifs (C(OH)–C–C–N with tert-alkyl or cyclic N) is 1. The number of aliphatic hydroxyl groups is 1. The minimum atomic E-state index is -3.99. The molecule has 7 nitrogen and oxygen atoms in total. The van der Waals surface area contributed by atoms with Crippen molar-refractivity contribution in [2.24, 2.45) is 0 Å². The van der Waals surface area contributed by atoms with E-state index >= 15 is 0 Å². The molecule has 0 bridgehead atoms. The topological polar surface area (TPSA) is 91.8 Å². The maximum Gasteiger partial charge on any atom is 0.339 e. The van der Waals surface area contributed by atoms with Gasteiger partial charge in [0.15, 0.2) is 5.75 Å². The number of benzene rings is 3. The lowest BCUT2D eigenvalue weighted by Gasteiger charge is -2.19. The number of pyridine rings is 1. The van der Waals surface area contributed by atoms with Crippen LogP contribution in [-0.2, 0) is 10.1 Å². The van der Waals surface area contributed by atoms with Crippen LogP contribution >= 0.6 is 0 Å². The number of anilines is 2. The van der Waals surface area contributed by atoms with Crippen LogP contribution in [0.3, 0.4) is 0 Å². The molecule has 4 aromatic rings. The van der Waals surface area contributed by atoms with Crippen molar-refractivity contribution >= 4 is 43.0 Å². The van der Waals surface area contributed by atoms with E-state index in [1.165, 1.54) is 12.1 Å². The van der Waals surface area contributed by atoms with Crippen molar-refractivity contribution in [1.29, 1.82) is 0 Å². The molecule has 1 aliphatic rings. The van der Waals surface area contributed by atoms with Gasteiger partial charge in [-0.1, -0.05) is 17.7 Å². The van der Waals surface area contributed by atoms with Gasteiger partial charge in [-0.05, 0) is 48.7 Å². The zero-order chi connectivity index (χ0) is 20.9. The molecule has 0 saturated carbocycles. The van der Waals surface area contributed by atoms with Crippen LogP contribution < -0.4 is 14.6 Å². The van der Waals surface area contributed by atoms with Crippen LogP contribution in [0.1, 0.15) is 5.56 Å². The van der Waals surface area contributed by atoms with Crippen molar-refractivity contribution < 1.29 is 17.7 Å². The Hall–Kier alpha value is -3.36. The molecule has 0 spiro atoms. The molecule has 0 amide bonds. The highest BCUT2D eigenvalue weighted by Crippen LogP contribution is 2.46. The Balaban J connectivity index is 1.70. The number of aliphatic hydroxyl groups excluding tert-OH is 1. The predicted molar refractivity (Wildman–Crippen MR) is 116 cm³/mol. The van der Waals surface area contributed by atoms with Crippen LogP contribution in [0.15, 0.2) is 65.8 Å². The lowest BCUT2D eigenvalue weighted by molar-refractivity contribution is 0.304. The fourth-order valence-corrected chi connectivity index (χ4v) is 4.73. The van der Waals surface area contributed by atoms with Gasteiger partial charge in [0.25, 0.3) is 0 Å². The minimum absolute atomic E-state index is 0.0290. The van der Waals surface area contributed by atoms with Crippen LogP contribution in [0.5, 0.6) is 5.75 Å². The zero-order valence-electron chi connectivity index (χ0n) is 16.2. The Morgan fingerprint density at radius 1 is 1.10 bits per heavy atom. The molecule has 5 rings (SSSR count). The Bertz CT molecular complexity index is 1390. The van der Waals surface area contributed by atoms with E-state index in [9.17, 15) is 13.5 Å². The third-order valence-corrected chi connectivity index (χ3v) is 6.48. The molecule has 0 aliphatic carbocycles. The second kappa shape index (κ2) is 6.86. The smallest absolute Gasteiger partial charge is 0.339 e. The Labute approximate surface area is 173 Å². The van der Waals surface area contributed by atoms with E-state index in [2.05, 4.69) is 10.4 Å². The summed E-state index contributed by atoms with van der Waals surface area (Å²) < 4.78 is 31.3. The van der Waals surface area contributed by atoms with E-state index in [4.69, 9.17) is 4.18 Å². The fraction of sp³-hybridized carbons (Fsp3) is 0.136. The number of hydrogen-bond donors (Lipinski definition) is 2. The second-order valence-electron chi connectivity index (χ2n) is 7.19. The summed E-state index contributed by atoms with van der Waals surface area (Å²) in [7, 11) is -3.99. The molecule has 2 N–H and O–H groups in total. The number of hydrazine groups is 1.